The molecule has 0 amide bonds. The van der Waals surface area contributed by atoms with E-state index in [4.69, 9.17) is 4.74 Å². The van der Waals surface area contributed by atoms with Crippen molar-refractivity contribution in [3.05, 3.63) is 41.7 Å². The Hall–Kier alpha value is -2.44. The average Bonchev–Trinajstić information content (AvgIpc) is 2.90. The fraction of sp³-hybridized carbons (Fsp3) is 0.250. The van der Waals surface area contributed by atoms with E-state index in [0.29, 0.717) is 16.9 Å². The van der Waals surface area contributed by atoms with Gasteiger partial charge in [0, 0.05) is 23.2 Å². The fourth-order valence-corrected chi connectivity index (χ4v) is 2.50. The van der Waals surface area contributed by atoms with Gasteiger partial charge in [-0.3, -0.25) is 4.79 Å². The number of rotatable bonds is 4. The molecule has 0 aliphatic carbocycles. The van der Waals surface area contributed by atoms with Crippen molar-refractivity contribution >= 4 is 27.8 Å². The van der Waals surface area contributed by atoms with Crippen LogP contribution in [0, 0.1) is 0 Å². The van der Waals surface area contributed by atoms with Crippen molar-refractivity contribution in [2.45, 2.75) is 19.6 Å². The zero-order chi connectivity index (χ0) is 15.7. The Morgan fingerprint density at radius 2 is 2.14 bits per heavy atom. The van der Waals surface area contributed by atoms with E-state index in [1.54, 1.807) is 0 Å². The molecular weight excluding hydrogens is 284 g/mol. The molecule has 6 heteroatoms. The van der Waals surface area contributed by atoms with Crippen LogP contribution in [-0.2, 0) is 16.1 Å². The number of esters is 1. The lowest BCUT2D eigenvalue weighted by molar-refractivity contribution is -0.142. The summed E-state index contributed by atoms with van der Waals surface area (Å²) in [5, 5.41) is 21.1. The number of aromatic amines is 1. The molecule has 1 atom stereocenters. The smallest absolute Gasteiger partial charge is 0.303 e. The van der Waals surface area contributed by atoms with Crippen molar-refractivity contribution in [1.29, 1.82) is 0 Å². The molecule has 22 heavy (non-hydrogen) atoms. The van der Waals surface area contributed by atoms with Crippen LogP contribution >= 0.6 is 0 Å². The Morgan fingerprint density at radius 3 is 2.86 bits per heavy atom. The molecular formula is C16H16N2O4. The van der Waals surface area contributed by atoms with Gasteiger partial charge in [0.05, 0.1) is 23.5 Å². The third-order valence-electron chi connectivity index (χ3n) is 3.49. The molecule has 0 saturated carbocycles. The van der Waals surface area contributed by atoms with Gasteiger partial charge in [0.1, 0.15) is 12.7 Å². The van der Waals surface area contributed by atoms with Crippen LogP contribution in [0.15, 0.2) is 30.3 Å². The first-order valence-corrected chi connectivity index (χ1v) is 6.92. The lowest BCUT2D eigenvalue weighted by Gasteiger charge is -2.10. The highest BCUT2D eigenvalue weighted by Crippen LogP contribution is 2.30. The Morgan fingerprint density at radius 1 is 1.36 bits per heavy atom. The first-order chi connectivity index (χ1) is 10.6. The highest BCUT2D eigenvalue weighted by molar-refractivity contribution is 6.08. The van der Waals surface area contributed by atoms with Crippen molar-refractivity contribution in [2.75, 3.05) is 6.61 Å². The van der Waals surface area contributed by atoms with Gasteiger partial charge in [-0.15, -0.1) is 0 Å². The largest absolute Gasteiger partial charge is 0.459 e. The Kier molecular flexibility index (Phi) is 3.79. The van der Waals surface area contributed by atoms with Gasteiger partial charge in [-0.2, -0.15) is 0 Å². The minimum absolute atomic E-state index is 0.0237. The number of nitrogens with zero attached hydrogens (tertiary/aromatic N) is 1. The lowest BCUT2D eigenvalue weighted by atomic mass is 10.1. The summed E-state index contributed by atoms with van der Waals surface area (Å²) in [5.74, 6) is -0.398. The summed E-state index contributed by atoms with van der Waals surface area (Å²) in [6.45, 7) is 0.915. The van der Waals surface area contributed by atoms with Crippen LogP contribution < -0.4 is 0 Å². The van der Waals surface area contributed by atoms with E-state index in [-0.39, 0.29) is 6.61 Å². The maximum atomic E-state index is 11.0. The average molecular weight is 300 g/mol. The summed E-state index contributed by atoms with van der Waals surface area (Å²) in [6.07, 6.45) is -1.10. The summed E-state index contributed by atoms with van der Waals surface area (Å²) in [4.78, 5) is 18.5. The number of hydrogen-bond acceptors (Lipinski definition) is 5. The number of H-pyrrole nitrogens is 1. The number of ether oxygens (including phenoxy) is 1. The third kappa shape index (κ3) is 2.54. The number of aliphatic hydroxyl groups is 2. The van der Waals surface area contributed by atoms with Crippen LogP contribution in [0.1, 0.15) is 24.4 Å². The molecule has 2 heterocycles. The highest BCUT2D eigenvalue weighted by atomic mass is 16.5. The summed E-state index contributed by atoms with van der Waals surface area (Å²) < 4.78 is 4.98. The molecule has 0 unspecified atom stereocenters. The third-order valence-corrected chi connectivity index (χ3v) is 3.49. The van der Waals surface area contributed by atoms with Crippen molar-refractivity contribution in [2.24, 2.45) is 0 Å². The number of pyridine rings is 1. The molecule has 0 saturated heterocycles. The maximum absolute atomic E-state index is 11.0. The molecule has 0 spiro atoms. The molecule has 1 aromatic carbocycles. The Labute approximate surface area is 126 Å². The first-order valence-electron chi connectivity index (χ1n) is 6.92. The van der Waals surface area contributed by atoms with Crippen LogP contribution in [-0.4, -0.2) is 32.8 Å². The minimum atomic E-state index is -1.10. The van der Waals surface area contributed by atoms with E-state index in [1.807, 2.05) is 30.3 Å². The standard InChI is InChI=1S/C16H16N2O4/c1-9(20)22-8-10-6-12-11-4-2-3-5-13(11)18-15(12)16(17-10)14(21)7-19/h2-6,14,18-19,21H,7-8H2,1H3/t14-/m0/s1. The first kappa shape index (κ1) is 14.5. The van der Waals surface area contributed by atoms with Crippen molar-refractivity contribution in [1.82, 2.24) is 9.97 Å². The molecule has 3 aromatic rings. The van der Waals surface area contributed by atoms with Crippen LogP contribution in [0.3, 0.4) is 0 Å². The number of fused-ring (bicyclic) bond motifs is 3. The zero-order valence-corrected chi connectivity index (χ0v) is 12.0. The molecule has 2 aromatic heterocycles. The SMILES string of the molecule is CC(=O)OCc1cc2c([nH]c3ccccc32)c([C@@H](O)CO)n1. The summed E-state index contributed by atoms with van der Waals surface area (Å²) >= 11 is 0. The number of aliphatic hydroxyl groups excluding tert-OH is 2. The summed E-state index contributed by atoms with van der Waals surface area (Å²) in [6, 6.07) is 9.54. The zero-order valence-electron chi connectivity index (χ0n) is 12.0. The second-order valence-electron chi connectivity index (χ2n) is 5.07. The second-order valence-corrected chi connectivity index (χ2v) is 5.07. The second kappa shape index (κ2) is 5.75. The minimum Gasteiger partial charge on any atom is -0.459 e. The van der Waals surface area contributed by atoms with Gasteiger partial charge in [0.25, 0.3) is 0 Å². The van der Waals surface area contributed by atoms with E-state index < -0.39 is 18.7 Å². The van der Waals surface area contributed by atoms with E-state index in [0.717, 1.165) is 16.3 Å². The molecule has 0 radical (unpaired) electrons. The topological polar surface area (TPSA) is 95.4 Å². The van der Waals surface area contributed by atoms with Gasteiger partial charge in [-0.05, 0) is 12.1 Å². The van der Waals surface area contributed by atoms with E-state index in [2.05, 4.69) is 9.97 Å². The summed E-state index contributed by atoms with van der Waals surface area (Å²) in [5.41, 5.74) is 2.46. The number of nitrogens with one attached hydrogen (secondary N) is 1. The number of aromatic nitrogens is 2. The molecule has 114 valence electrons. The number of carbonyl (C=O) groups is 1. The molecule has 6 nitrogen and oxygen atoms in total. The normalized spacial score (nSPS) is 12.7. The Bertz CT molecular complexity index is 841. The van der Waals surface area contributed by atoms with E-state index in [9.17, 15) is 15.0 Å². The Balaban J connectivity index is 2.22. The molecule has 3 rings (SSSR count). The maximum Gasteiger partial charge on any atom is 0.303 e. The summed E-state index contributed by atoms with van der Waals surface area (Å²) in [7, 11) is 0. The van der Waals surface area contributed by atoms with Crippen LogP contribution in [0.4, 0.5) is 0 Å². The molecule has 0 aliphatic rings. The van der Waals surface area contributed by atoms with Crippen LogP contribution in [0.2, 0.25) is 0 Å². The fourth-order valence-electron chi connectivity index (χ4n) is 2.50. The highest BCUT2D eigenvalue weighted by Gasteiger charge is 2.17. The van der Waals surface area contributed by atoms with Crippen molar-refractivity contribution in [3.63, 3.8) is 0 Å². The van der Waals surface area contributed by atoms with E-state index in [1.165, 1.54) is 6.92 Å². The van der Waals surface area contributed by atoms with Gasteiger partial charge in [0.2, 0.25) is 0 Å². The molecule has 0 fully saturated rings. The molecule has 3 N–H and O–H groups in total. The number of hydrogen-bond donors (Lipinski definition) is 3. The van der Waals surface area contributed by atoms with Crippen LogP contribution in [0.25, 0.3) is 21.8 Å². The monoisotopic (exact) mass is 300 g/mol. The van der Waals surface area contributed by atoms with Gasteiger partial charge >= 0.3 is 5.97 Å². The lowest BCUT2D eigenvalue weighted by Crippen LogP contribution is -2.09. The van der Waals surface area contributed by atoms with Crippen LogP contribution in [0.5, 0.6) is 0 Å². The van der Waals surface area contributed by atoms with Gasteiger partial charge < -0.3 is 19.9 Å². The van der Waals surface area contributed by atoms with Gasteiger partial charge in [-0.25, -0.2) is 4.98 Å². The number of carbonyl (C=O) groups excluding carboxylic acids is 1. The predicted octanol–water partition coefficient (Wildman–Crippen LogP) is 1.80. The van der Waals surface area contributed by atoms with Gasteiger partial charge in [0.15, 0.2) is 0 Å². The quantitative estimate of drug-likeness (QED) is 0.639. The van der Waals surface area contributed by atoms with Crippen molar-refractivity contribution < 1.29 is 19.7 Å². The van der Waals surface area contributed by atoms with Crippen molar-refractivity contribution in [3.8, 4) is 0 Å². The number of benzene rings is 1. The molecule has 0 bridgehead atoms. The van der Waals surface area contributed by atoms with Gasteiger partial charge in [-0.1, -0.05) is 18.2 Å². The molecule has 0 aliphatic heterocycles. The number of para-hydroxylation sites is 1. The predicted molar refractivity (Wildman–Crippen MR) is 81.1 cm³/mol. The van der Waals surface area contributed by atoms with E-state index >= 15 is 0 Å².